The first-order chi connectivity index (χ1) is 12.4. The molecule has 1 fully saturated rings. The number of carbonyl (C=O) groups excluding carboxylic acids is 2. The number of nitrogens with one attached hydrogen (secondary N) is 1. The van der Waals surface area contributed by atoms with Crippen molar-refractivity contribution in [3.05, 3.63) is 22.8 Å². The Bertz CT molecular complexity index is 672. The maximum absolute atomic E-state index is 12.1. The van der Waals surface area contributed by atoms with Crippen molar-refractivity contribution in [2.75, 3.05) is 24.5 Å². The van der Waals surface area contributed by atoms with Gasteiger partial charge in [-0.05, 0) is 25.3 Å². The van der Waals surface area contributed by atoms with Crippen molar-refractivity contribution in [3.63, 3.8) is 0 Å². The third kappa shape index (κ3) is 5.42. The van der Waals surface area contributed by atoms with Crippen LogP contribution in [0.15, 0.2) is 12.3 Å². The van der Waals surface area contributed by atoms with Gasteiger partial charge in [-0.15, -0.1) is 0 Å². The molecule has 2 heterocycles. The minimum atomic E-state index is -0.774. The Kier molecular flexibility index (Phi) is 7.38. The van der Waals surface area contributed by atoms with Crippen molar-refractivity contribution in [2.45, 2.75) is 39.0 Å². The second kappa shape index (κ2) is 9.52. The van der Waals surface area contributed by atoms with Gasteiger partial charge in [0, 0.05) is 25.7 Å². The molecular weight excluding hydrogens is 358 g/mol. The number of carboxylic acid groups (broad SMARTS) is 1. The average Bonchev–Trinajstić information content (AvgIpc) is 2.64. The zero-order valence-corrected chi connectivity index (χ0v) is 15.6. The molecule has 0 radical (unpaired) electrons. The van der Waals surface area contributed by atoms with Crippen LogP contribution in [0.2, 0.25) is 5.02 Å². The molecule has 0 bridgehead atoms. The van der Waals surface area contributed by atoms with E-state index >= 15 is 0 Å². The number of pyridine rings is 1. The normalized spacial score (nSPS) is 14.9. The smallest absolute Gasteiger partial charge is 0.306 e. The van der Waals surface area contributed by atoms with Crippen LogP contribution in [-0.2, 0) is 9.59 Å². The van der Waals surface area contributed by atoms with E-state index in [-0.39, 0.29) is 24.2 Å². The largest absolute Gasteiger partial charge is 0.481 e. The van der Waals surface area contributed by atoms with Gasteiger partial charge in [0.1, 0.15) is 5.82 Å². The third-order valence-electron chi connectivity index (χ3n) is 4.48. The van der Waals surface area contributed by atoms with E-state index in [4.69, 9.17) is 16.7 Å². The molecule has 0 atom stereocenters. The lowest BCUT2D eigenvalue weighted by Gasteiger charge is -2.31. The van der Waals surface area contributed by atoms with Gasteiger partial charge in [-0.25, -0.2) is 4.98 Å². The molecule has 2 rings (SSSR count). The fraction of sp³-hybridized carbons (Fsp3) is 0.556. The summed E-state index contributed by atoms with van der Waals surface area (Å²) in [6.07, 6.45) is 4.71. The second-order valence-corrected chi connectivity index (χ2v) is 6.86. The Morgan fingerprint density at radius 3 is 2.62 bits per heavy atom. The predicted molar refractivity (Wildman–Crippen MR) is 98.7 cm³/mol. The predicted octanol–water partition coefficient (Wildman–Crippen LogP) is 2.53. The van der Waals surface area contributed by atoms with Gasteiger partial charge in [0.25, 0.3) is 5.91 Å². The van der Waals surface area contributed by atoms with E-state index < -0.39 is 5.97 Å². The van der Waals surface area contributed by atoms with Crippen molar-refractivity contribution >= 4 is 35.1 Å². The first-order valence-corrected chi connectivity index (χ1v) is 9.23. The van der Waals surface area contributed by atoms with E-state index in [0.29, 0.717) is 48.8 Å². The molecule has 1 aliphatic rings. The van der Waals surface area contributed by atoms with E-state index in [2.05, 4.69) is 10.3 Å². The minimum Gasteiger partial charge on any atom is -0.481 e. The number of Topliss-reactive ketones (excluding diaryl/α,β-unsaturated/α-hetero) is 1. The maximum Gasteiger partial charge on any atom is 0.306 e. The van der Waals surface area contributed by atoms with Crippen molar-refractivity contribution in [1.29, 1.82) is 0 Å². The summed E-state index contributed by atoms with van der Waals surface area (Å²) in [6, 6.07) is 1.53. The zero-order chi connectivity index (χ0) is 19.1. The molecule has 26 heavy (non-hydrogen) atoms. The number of rotatable bonds is 8. The molecular formula is C18H24ClN3O4. The van der Waals surface area contributed by atoms with E-state index in [0.717, 1.165) is 12.8 Å². The maximum atomic E-state index is 12.1. The highest BCUT2D eigenvalue weighted by atomic mass is 35.5. The zero-order valence-electron chi connectivity index (χ0n) is 14.8. The van der Waals surface area contributed by atoms with Gasteiger partial charge >= 0.3 is 5.97 Å². The molecule has 142 valence electrons. The summed E-state index contributed by atoms with van der Waals surface area (Å²) in [5.74, 6) is -0.951. The molecule has 1 saturated heterocycles. The molecule has 1 amide bonds. The monoisotopic (exact) mass is 381 g/mol. The number of nitrogens with zero attached hydrogens (tertiary/aromatic N) is 2. The number of hydrogen-bond acceptors (Lipinski definition) is 5. The fourth-order valence-corrected chi connectivity index (χ4v) is 3.15. The molecule has 7 nitrogen and oxygen atoms in total. The summed E-state index contributed by atoms with van der Waals surface area (Å²) in [5.41, 5.74) is 0.294. The van der Waals surface area contributed by atoms with Crippen LogP contribution in [-0.4, -0.2) is 47.4 Å². The second-order valence-electron chi connectivity index (χ2n) is 6.45. The number of ketones is 1. The van der Waals surface area contributed by atoms with Crippen LogP contribution < -0.4 is 10.2 Å². The number of hydrogen-bond donors (Lipinski definition) is 2. The van der Waals surface area contributed by atoms with E-state index in [1.807, 2.05) is 11.8 Å². The summed E-state index contributed by atoms with van der Waals surface area (Å²) in [5, 5.41) is 12.0. The van der Waals surface area contributed by atoms with Gasteiger partial charge in [0.15, 0.2) is 5.78 Å². The molecule has 0 aliphatic carbocycles. The van der Waals surface area contributed by atoms with Crippen LogP contribution >= 0.6 is 11.6 Å². The molecule has 8 heteroatoms. The van der Waals surface area contributed by atoms with Gasteiger partial charge in [-0.3, -0.25) is 14.4 Å². The van der Waals surface area contributed by atoms with Gasteiger partial charge < -0.3 is 15.3 Å². The number of piperidine rings is 1. The average molecular weight is 382 g/mol. The molecule has 2 N–H and O–H groups in total. The number of anilines is 1. The highest BCUT2D eigenvalue weighted by molar-refractivity contribution is 6.33. The van der Waals surface area contributed by atoms with Crippen LogP contribution in [0.5, 0.6) is 0 Å². The number of aliphatic carboxylic acids is 1. The topological polar surface area (TPSA) is 99.6 Å². The van der Waals surface area contributed by atoms with Gasteiger partial charge in [0.05, 0.1) is 23.0 Å². The van der Waals surface area contributed by atoms with E-state index in [1.54, 1.807) is 0 Å². The summed E-state index contributed by atoms with van der Waals surface area (Å²) >= 11 is 6.27. The fourth-order valence-electron chi connectivity index (χ4n) is 2.87. The highest BCUT2D eigenvalue weighted by Crippen LogP contribution is 2.28. The lowest BCUT2D eigenvalue weighted by Crippen LogP contribution is -2.37. The number of carbonyl (C=O) groups is 3. The van der Waals surface area contributed by atoms with Gasteiger partial charge in [-0.1, -0.05) is 24.9 Å². The molecule has 0 aromatic carbocycles. The number of aromatic nitrogens is 1. The Balaban J connectivity index is 1.93. The minimum absolute atomic E-state index is 0.000898. The quantitative estimate of drug-likeness (QED) is 0.717. The summed E-state index contributed by atoms with van der Waals surface area (Å²) in [7, 11) is 0. The van der Waals surface area contributed by atoms with Crippen molar-refractivity contribution in [2.24, 2.45) is 5.92 Å². The van der Waals surface area contributed by atoms with Gasteiger partial charge in [-0.2, -0.15) is 0 Å². The van der Waals surface area contributed by atoms with Crippen LogP contribution in [0, 0.1) is 5.92 Å². The Labute approximate surface area is 157 Å². The number of unbranched alkanes of at least 4 members (excludes halogenated alkanes) is 1. The first-order valence-electron chi connectivity index (χ1n) is 8.85. The number of amides is 1. The Morgan fingerprint density at radius 2 is 2.04 bits per heavy atom. The van der Waals surface area contributed by atoms with Crippen LogP contribution in [0.1, 0.15) is 49.4 Å². The SMILES string of the molecule is CCCCC(=O)CNC(=O)c1cnc(N2CCC(C(=O)O)CC2)c(Cl)c1. The Hall–Kier alpha value is -2.15. The first kappa shape index (κ1) is 20.2. The lowest BCUT2D eigenvalue weighted by molar-refractivity contribution is -0.142. The van der Waals surface area contributed by atoms with Crippen molar-refractivity contribution < 1.29 is 19.5 Å². The molecule has 0 saturated carbocycles. The van der Waals surface area contributed by atoms with Crippen LogP contribution in [0.3, 0.4) is 0 Å². The highest BCUT2D eigenvalue weighted by Gasteiger charge is 2.26. The number of halogens is 1. The number of carboxylic acids is 1. The van der Waals surface area contributed by atoms with Crippen LogP contribution in [0.25, 0.3) is 0 Å². The summed E-state index contributed by atoms with van der Waals surface area (Å²) in [6.45, 7) is 3.12. The van der Waals surface area contributed by atoms with Crippen molar-refractivity contribution in [1.82, 2.24) is 10.3 Å². The Morgan fingerprint density at radius 1 is 1.35 bits per heavy atom. The third-order valence-corrected chi connectivity index (χ3v) is 4.76. The standard InChI is InChI=1S/C18H24ClN3O4/c1-2-3-4-14(23)11-21-17(24)13-9-15(19)16(20-10-13)22-7-5-12(6-8-22)18(25)26/h9-10,12H,2-8,11H2,1H3,(H,21,24)(H,25,26). The molecule has 1 aromatic heterocycles. The summed E-state index contributed by atoms with van der Waals surface area (Å²) in [4.78, 5) is 41.0. The van der Waals surface area contributed by atoms with E-state index in [9.17, 15) is 14.4 Å². The molecule has 0 spiro atoms. The lowest BCUT2D eigenvalue weighted by atomic mass is 9.97. The van der Waals surface area contributed by atoms with Crippen molar-refractivity contribution in [3.8, 4) is 0 Å². The summed E-state index contributed by atoms with van der Waals surface area (Å²) < 4.78 is 0. The van der Waals surface area contributed by atoms with Crippen LogP contribution in [0.4, 0.5) is 5.82 Å². The molecule has 1 aliphatic heterocycles. The van der Waals surface area contributed by atoms with E-state index in [1.165, 1.54) is 12.3 Å². The molecule has 1 aromatic rings. The van der Waals surface area contributed by atoms with Gasteiger partial charge in [0.2, 0.25) is 0 Å². The molecule has 0 unspecified atom stereocenters.